The van der Waals surface area contributed by atoms with E-state index in [0.717, 1.165) is 41.9 Å². The molecule has 1 N–H and O–H groups in total. The van der Waals surface area contributed by atoms with E-state index < -0.39 is 0 Å². The fraction of sp³-hybridized carbons (Fsp3) is 0.500. The molecule has 0 bridgehead atoms. The van der Waals surface area contributed by atoms with Crippen molar-refractivity contribution in [2.75, 3.05) is 19.8 Å². The van der Waals surface area contributed by atoms with Crippen molar-refractivity contribution in [1.29, 1.82) is 0 Å². The van der Waals surface area contributed by atoms with Crippen molar-refractivity contribution < 1.29 is 4.74 Å². The van der Waals surface area contributed by atoms with Crippen LogP contribution in [-0.2, 0) is 11.3 Å². The molecular weight excluding hydrogens is 245 g/mol. The van der Waals surface area contributed by atoms with Crippen molar-refractivity contribution in [3.63, 3.8) is 0 Å². The van der Waals surface area contributed by atoms with Crippen molar-refractivity contribution in [3.8, 4) is 0 Å². The summed E-state index contributed by atoms with van der Waals surface area (Å²) < 4.78 is 5.20. The van der Waals surface area contributed by atoms with Gasteiger partial charge in [0.1, 0.15) is 0 Å². The van der Waals surface area contributed by atoms with Gasteiger partial charge >= 0.3 is 0 Å². The summed E-state index contributed by atoms with van der Waals surface area (Å²) >= 11 is 12.0. The standard InChI is InChI=1S/C12H15Cl2NO/c1-12(7-16-8-12)6-15-5-9-4-10(13)2-3-11(9)14/h2-4,15H,5-8H2,1H3. The Hall–Kier alpha value is -0.280. The van der Waals surface area contributed by atoms with Gasteiger partial charge in [0.2, 0.25) is 0 Å². The summed E-state index contributed by atoms with van der Waals surface area (Å²) in [5.41, 5.74) is 1.32. The normalized spacial score (nSPS) is 18.2. The first-order valence-corrected chi connectivity index (χ1v) is 6.07. The zero-order valence-corrected chi connectivity index (χ0v) is 10.7. The van der Waals surface area contributed by atoms with Crippen molar-refractivity contribution in [2.45, 2.75) is 13.5 Å². The van der Waals surface area contributed by atoms with Crippen molar-refractivity contribution in [3.05, 3.63) is 33.8 Å². The molecule has 0 aliphatic carbocycles. The van der Waals surface area contributed by atoms with Gasteiger partial charge in [-0.3, -0.25) is 0 Å². The Kier molecular flexibility index (Phi) is 3.75. The molecule has 1 fully saturated rings. The van der Waals surface area contributed by atoms with Crippen LogP contribution in [0.5, 0.6) is 0 Å². The first-order chi connectivity index (χ1) is 7.59. The van der Waals surface area contributed by atoms with Crippen LogP contribution in [-0.4, -0.2) is 19.8 Å². The van der Waals surface area contributed by atoms with E-state index in [0.29, 0.717) is 0 Å². The molecule has 0 atom stereocenters. The van der Waals surface area contributed by atoms with Crippen LogP contribution in [0.4, 0.5) is 0 Å². The number of hydrogen-bond donors (Lipinski definition) is 1. The predicted octanol–water partition coefficient (Wildman–Crippen LogP) is 3.12. The molecule has 2 rings (SSSR count). The van der Waals surface area contributed by atoms with Crippen LogP contribution in [0.1, 0.15) is 12.5 Å². The second kappa shape index (κ2) is 4.92. The van der Waals surface area contributed by atoms with E-state index >= 15 is 0 Å². The maximum absolute atomic E-state index is 6.07. The van der Waals surface area contributed by atoms with Crippen LogP contribution >= 0.6 is 23.2 Å². The van der Waals surface area contributed by atoms with Gasteiger partial charge in [0.05, 0.1) is 13.2 Å². The minimum absolute atomic E-state index is 0.283. The van der Waals surface area contributed by atoms with Gasteiger partial charge in [-0.2, -0.15) is 0 Å². The summed E-state index contributed by atoms with van der Waals surface area (Å²) in [6.45, 7) is 5.57. The third kappa shape index (κ3) is 2.89. The summed E-state index contributed by atoms with van der Waals surface area (Å²) in [5, 5.41) is 4.87. The van der Waals surface area contributed by atoms with E-state index in [1.807, 2.05) is 12.1 Å². The second-order valence-corrected chi connectivity index (χ2v) is 5.49. The third-order valence-corrected chi connectivity index (χ3v) is 3.38. The van der Waals surface area contributed by atoms with Crippen molar-refractivity contribution in [1.82, 2.24) is 5.32 Å². The molecule has 1 saturated heterocycles. The molecule has 0 saturated carbocycles. The molecule has 0 unspecified atom stereocenters. The Morgan fingerprint density at radius 1 is 1.38 bits per heavy atom. The number of ether oxygens (including phenoxy) is 1. The number of halogens is 2. The minimum Gasteiger partial charge on any atom is -0.380 e. The molecule has 4 heteroatoms. The lowest BCUT2D eigenvalue weighted by Crippen LogP contribution is -2.47. The van der Waals surface area contributed by atoms with Crippen LogP contribution in [0.25, 0.3) is 0 Å². The van der Waals surface area contributed by atoms with Crippen molar-refractivity contribution >= 4 is 23.2 Å². The molecule has 0 spiro atoms. The molecule has 16 heavy (non-hydrogen) atoms. The monoisotopic (exact) mass is 259 g/mol. The van der Waals surface area contributed by atoms with E-state index in [4.69, 9.17) is 27.9 Å². The Morgan fingerprint density at radius 2 is 2.12 bits per heavy atom. The molecule has 1 aromatic carbocycles. The summed E-state index contributed by atoms with van der Waals surface area (Å²) in [6, 6.07) is 5.53. The molecule has 0 radical (unpaired) electrons. The van der Waals surface area contributed by atoms with E-state index in [2.05, 4.69) is 12.2 Å². The molecule has 0 amide bonds. The van der Waals surface area contributed by atoms with Gasteiger partial charge in [0.15, 0.2) is 0 Å². The highest BCUT2D eigenvalue weighted by Crippen LogP contribution is 2.26. The van der Waals surface area contributed by atoms with Gasteiger partial charge < -0.3 is 10.1 Å². The zero-order chi connectivity index (χ0) is 11.6. The lowest BCUT2D eigenvalue weighted by molar-refractivity contribution is -0.0991. The van der Waals surface area contributed by atoms with Crippen LogP contribution in [0.2, 0.25) is 10.0 Å². The van der Waals surface area contributed by atoms with Crippen LogP contribution in [0.3, 0.4) is 0 Å². The average Bonchev–Trinajstić information content (AvgIpc) is 2.21. The summed E-state index contributed by atoms with van der Waals surface area (Å²) in [4.78, 5) is 0. The van der Waals surface area contributed by atoms with E-state index in [1.54, 1.807) is 6.07 Å². The molecule has 0 aromatic heterocycles. The SMILES string of the molecule is CC1(CNCc2cc(Cl)ccc2Cl)COC1. The number of benzene rings is 1. The maximum atomic E-state index is 6.07. The average molecular weight is 260 g/mol. The molecule has 2 nitrogen and oxygen atoms in total. The number of rotatable bonds is 4. The number of nitrogens with one attached hydrogen (secondary N) is 1. The third-order valence-electron chi connectivity index (χ3n) is 2.78. The topological polar surface area (TPSA) is 21.3 Å². The largest absolute Gasteiger partial charge is 0.380 e. The van der Waals surface area contributed by atoms with Crippen LogP contribution in [0, 0.1) is 5.41 Å². The highest BCUT2D eigenvalue weighted by molar-refractivity contribution is 6.33. The number of hydrogen-bond acceptors (Lipinski definition) is 2. The molecule has 1 aromatic rings. The summed E-state index contributed by atoms with van der Waals surface area (Å²) in [5.74, 6) is 0. The molecule has 88 valence electrons. The lowest BCUT2D eigenvalue weighted by atomic mass is 9.89. The molecule has 1 aliphatic rings. The van der Waals surface area contributed by atoms with Gasteiger partial charge in [-0.05, 0) is 23.8 Å². The Balaban J connectivity index is 1.87. The fourth-order valence-electron chi connectivity index (χ4n) is 1.73. The highest BCUT2D eigenvalue weighted by atomic mass is 35.5. The van der Waals surface area contributed by atoms with E-state index in [9.17, 15) is 0 Å². The Morgan fingerprint density at radius 3 is 2.75 bits per heavy atom. The summed E-state index contributed by atoms with van der Waals surface area (Å²) in [7, 11) is 0. The van der Waals surface area contributed by atoms with E-state index in [-0.39, 0.29) is 5.41 Å². The van der Waals surface area contributed by atoms with Crippen LogP contribution in [0.15, 0.2) is 18.2 Å². The molecule has 1 heterocycles. The predicted molar refractivity (Wildman–Crippen MR) is 67.1 cm³/mol. The first-order valence-electron chi connectivity index (χ1n) is 5.31. The Bertz CT molecular complexity index is 377. The van der Waals surface area contributed by atoms with Gasteiger partial charge in [-0.15, -0.1) is 0 Å². The van der Waals surface area contributed by atoms with Gasteiger partial charge in [-0.1, -0.05) is 30.1 Å². The maximum Gasteiger partial charge on any atom is 0.0554 e. The smallest absolute Gasteiger partial charge is 0.0554 e. The van der Waals surface area contributed by atoms with Gasteiger partial charge in [-0.25, -0.2) is 0 Å². The first kappa shape index (κ1) is 12.2. The molecule has 1 aliphatic heterocycles. The summed E-state index contributed by atoms with van der Waals surface area (Å²) in [6.07, 6.45) is 0. The van der Waals surface area contributed by atoms with Crippen LogP contribution < -0.4 is 5.32 Å². The zero-order valence-electron chi connectivity index (χ0n) is 9.22. The minimum atomic E-state index is 0.283. The van der Waals surface area contributed by atoms with Crippen molar-refractivity contribution in [2.24, 2.45) is 5.41 Å². The fourth-order valence-corrected chi connectivity index (χ4v) is 2.11. The highest BCUT2D eigenvalue weighted by Gasteiger charge is 2.32. The second-order valence-electron chi connectivity index (χ2n) is 4.64. The molecular formula is C12H15Cl2NO. The quantitative estimate of drug-likeness (QED) is 0.898. The van der Waals surface area contributed by atoms with E-state index in [1.165, 1.54) is 0 Å². The Labute approximate surface area is 106 Å². The lowest BCUT2D eigenvalue weighted by Gasteiger charge is -2.38. The van der Waals surface area contributed by atoms with Gasteiger partial charge in [0, 0.05) is 28.5 Å². The van der Waals surface area contributed by atoms with Gasteiger partial charge in [0.25, 0.3) is 0 Å².